The van der Waals surface area contributed by atoms with Crippen LogP contribution >= 0.6 is 0 Å². The molecule has 7 nitrogen and oxygen atoms in total. The van der Waals surface area contributed by atoms with E-state index in [0.29, 0.717) is 13.1 Å². The van der Waals surface area contributed by atoms with Crippen LogP contribution < -0.4 is 5.32 Å². The molecule has 104 valence electrons. The van der Waals surface area contributed by atoms with Crippen molar-refractivity contribution in [1.29, 1.82) is 0 Å². The highest BCUT2D eigenvalue weighted by Gasteiger charge is 2.25. The third kappa shape index (κ3) is 4.20. The van der Waals surface area contributed by atoms with Crippen molar-refractivity contribution in [3.8, 4) is 0 Å². The lowest BCUT2D eigenvalue weighted by Crippen LogP contribution is -2.24. The van der Waals surface area contributed by atoms with E-state index in [1.54, 1.807) is 6.08 Å². The number of hydrogen-bond donors (Lipinski definition) is 1. The van der Waals surface area contributed by atoms with Crippen LogP contribution in [0.25, 0.3) is 0 Å². The Hall–Kier alpha value is -2.18. The van der Waals surface area contributed by atoms with E-state index in [0.717, 1.165) is 12.8 Å². The molecule has 0 spiro atoms. The molecule has 1 N–H and O–H groups in total. The van der Waals surface area contributed by atoms with Gasteiger partial charge >= 0.3 is 5.82 Å². The van der Waals surface area contributed by atoms with Gasteiger partial charge in [-0.25, -0.2) is 0 Å². The van der Waals surface area contributed by atoms with Crippen LogP contribution in [-0.2, 0) is 6.54 Å². The zero-order chi connectivity index (χ0) is 14.3. The summed E-state index contributed by atoms with van der Waals surface area (Å²) >= 11 is 0. The number of nitrogens with one attached hydrogen (secondary N) is 1. The second kappa shape index (κ2) is 7.30. The van der Waals surface area contributed by atoms with E-state index in [9.17, 15) is 14.9 Å². The molecule has 0 atom stereocenters. The molecule has 1 aromatic rings. The SMILES string of the molecule is C/C=C/Cn1cc(C(=O)NCCCC)c([N+](=O)[O-])n1. The van der Waals surface area contributed by atoms with Gasteiger partial charge in [-0.05, 0) is 18.3 Å². The molecule has 1 aromatic heterocycles. The summed E-state index contributed by atoms with van der Waals surface area (Å²) < 4.78 is 1.38. The fraction of sp³-hybridized carbons (Fsp3) is 0.500. The maximum absolute atomic E-state index is 11.8. The van der Waals surface area contributed by atoms with Gasteiger partial charge in [0.2, 0.25) is 0 Å². The Bertz CT molecular complexity index is 479. The predicted octanol–water partition coefficient (Wildman–Crippen LogP) is 1.90. The predicted molar refractivity (Wildman–Crippen MR) is 70.9 cm³/mol. The summed E-state index contributed by atoms with van der Waals surface area (Å²) in [5, 5.41) is 17.3. The van der Waals surface area contributed by atoms with Gasteiger partial charge in [0.1, 0.15) is 0 Å². The number of aromatic nitrogens is 2. The van der Waals surface area contributed by atoms with E-state index in [4.69, 9.17) is 0 Å². The van der Waals surface area contributed by atoms with Gasteiger partial charge in [-0.2, -0.15) is 4.68 Å². The van der Waals surface area contributed by atoms with Gasteiger partial charge in [-0.1, -0.05) is 25.5 Å². The van der Waals surface area contributed by atoms with Crippen molar-refractivity contribution < 1.29 is 9.72 Å². The van der Waals surface area contributed by atoms with Crippen molar-refractivity contribution in [1.82, 2.24) is 15.1 Å². The molecule has 0 radical (unpaired) electrons. The zero-order valence-corrected chi connectivity index (χ0v) is 11.1. The molecule has 1 rings (SSSR count). The van der Waals surface area contributed by atoms with E-state index < -0.39 is 16.6 Å². The van der Waals surface area contributed by atoms with Crippen LogP contribution in [0.5, 0.6) is 0 Å². The molecule has 7 heteroatoms. The molecule has 0 aliphatic carbocycles. The van der Waals surface area contributed by atoms with Crippen LogP contribution in [0, 0.1) is 10.1 Å². The molecule has 0 saturated heterocycles. The van der Waals surface area contributed by atoms with E-state index >= 15 is 0 Å². The zero-order valence-electron chi connectivity index (χ0n) is 11.1. The Morgan fingerprint density at radius 3 is 2.95 bits per heavy atom. The van der Waals surface area contributed by atoms with Gasteiger partial charge in [0.15, 0.2) is 5.56 Å². The molecule has 19 heavy (non-hydrogen) atoms. The first-order valence-corrected chi connectivity index (χ1v) is 6.21. The number of carbonyl (C=O) groups excluding carboxylic acids is 1. The standard InChI is InChI=1S/C12H18N4O3/c1-3-5-7-13-12(17)10-9-15(8-6-4-2)14-11(10)16(18)19/h4,6,9H,3,5,7-8H2,1-2H3,(H,13,17)/b6-4+. The average molecular weight is 266 g/mol. The highest BCUT2D eigenvalue weighted by atomic mass is 16.6. The molecule has 1 heterocycles. The molecule has 0 aliphatic heterocycles. The van der Waals surface area contributed by atoms with Gasteiger partial charge in [0.25, 0.3) is 5.91 Å². The molecule has 0 fully saturated rings. The number of carbonyl (C=O) groups is 1. The molecule has 0 unspecified atom stereocenters. The van der Waals surface area contributed by atoms with Crippen LogP contribution in [0.4, 0.5) is 5.82 Å². The monoisotopic (exact) mass is 266 g/mol. The lowest BCUT2D eigenvalue weighted by molar-refractivity contribution is -0.390. The van der Waals surface area contributed by atoms with E-state index in [1.807, 2.05) is 19.9 Å². The molecular weight excluding hydrogens is 248 g/mol. The van der Waals surface area contributed by atoms with Crippen LogP contribution in [0.3, 0.4) is 0 Å². The molecule has 0 aromatic carbocycles. The maximum atomic E-state index is 11.8. The van der Waals surface area contributed by atoms with Crippen LogP contribution in [0.1, 0.15) is 37.0 Å². The molecule has 0 aliphatic rings. The summed E-state index contributed by atoms with van der Waals surface area (Å²) in [6, 6.07) is 0. The Balaban J connectivity index is 2.87. The summed E-state index contributed by atoms with van der Waals surface area (Å²) in [5.74, 6) is -0.856. The second-order valence-electron chi connectivity index (χ2n) is 4.02. The fourth-order valence-electron chi connectivity index (χ4n) is 1.49. The Labute approximate surface area is 111 Å². The topological polar surface area (TPSA) is 90.1 Å². The van der Waals surface area contributed by atoms with Crippen molar-refractivity contribution in [2.24, 2.45) is 0 Å². The average Bonchev–Trinajstić information content (AvgIpc) is 2.81. The number of nitrogens with zero attached hydrogens (tertiary/aromatic N) is 3. The van der Waals surface area contributed by atoms with Crippen molar-refractivity contribution in [2.45, 2.75) is 33.2 Å². The number of rotatable bonds is 7. The summed E-state index contributed by atoms with van der Waals surface area (Å²) in [6.45, 7) is 4.76. The highest BCUT2D eigenvalue weighted by Crippen LogP contribution is 2.15. The van der Waals surface area contributed by atoms with Crippen molar-refractivity contribution in [3.63, 3.8) is 0 Å². The highest BCUT2D eigenvalue weighted by molar-refractivity contribution is 5.97. The van der Waals surface area contributed by atoms with Crippen LogP contribution in [0.15, 0.2) is 18.3 Å². The summed E-state index contributed by atoms with van der Waals surface area (Å²) in [7, 11) is 0. The minimum atomic E-state index is -0.638. The van der Waals surface area contributed by atoms with Crippen LogP contribution in [0.2, 0.25) is 0 Å². The molecule has 0 bridgehead atoms. The lowest BCUT2D eigenvalue weighted by Gasteiger charge is -2.01. The lowest BCUT2D eigenvalue weighted by atomic mass is 10.3. The molecular formula is C12H18N4O3. The number of allylic oxidation sites excluding steroid dienone is 2. The van der Waals surface area contributed by atoms with Gasteiger partial charge in [0.05, 0.1) is 17.8 Å². The minimum Gasteiger partial charge on any atom is -0.358 e. The van der Waals surface area contributed by atoms with Crippen LogP contribution in [-0.4, -0.2) is 27.2 Å². The first kappa shape index (κ1) is 14.9. The Morgan fingerprint density at radius 2 is 2.37 bits per heavy atom. The maximum Gasteiger partial charge on any atom is 0.402 e. The summed E-state index contributed by atoms with van der Waals surface area (Å²) in [4.78, 5) is 22.1. The molecule has 1 amide bonds. The van der Waals surface area contributed by atoms with E-state index in [2.05, 4.69) is 10.4 Å². The second-order valence-corrected chi connectivity index (χ2v) is 4.02. The molecule has 0 saturated carbocycles. The van der Waals surface area contributed by atoms with E-state index in [-0.39, 0.29) is 5.56 Å². The first-order valence-electron chi connectivity index (χ1n) is 6.21. The fourth-order valence-corrected chi connectivity index (χ4v) is 1.49. The Morgan fingerprint density at radius 1 is 1.63 bits per heavy atom. The largest absolute Gasteiger partial charge is 0.402 e. The number of unbranched alkanes of at least 4 members (excludes halogenated alkanes) is 1. The number of amides is 1. The third-order valence-corrected chi connectivity index (χ3v) is 2.50. The van der Waals surface area contributed by atoms with Crippen molar-refractivity contribution in [2.75, 3.05) is 6.54 Å². The number of hydrogen-bond acceptors (Lipinski definition) is 4. The van der Waals surface area contributed by atoms with E-state index in [1.165, 1.54) is 10.9 Å². The van der Waals surface area contributed by atoms with Crippen molar-refractivity contribution >= 4 is 11.7 Å². The summed E-state index contributed by atoms with van der Waals surface area (Å²) in [6.07, 6.45) is 6.80. The first-order chi connectivity index (χ1) is 9.10. The van der Waals surface area contributed by atoms with Gasteiger partial charge in [-0.3, -0.25) is 4.79 Å². The van der Waals surface area contributed by atoms with Gasteiger partial charge in [0, 0.05) is 6.54 Å². The quantitative estimate of drug-likeness (QED) is 0.353. The van der Waals surface area contributed by atoms with Crippen molar-refractivity contribution in [3.05, 3.63) is 34.0 Å². The normalized spacial score (nSPS) is 10.8. The Kier molecular flexibility index (Phi) is 5.72. The smallest absolute Gasteiger partial charge is 0.358 e. The van der Waals surface area contributed by atoms with Gasteiger partial charge in [-0.15, -0.1) is 0 Å². The number of nitro groups is 1. The third-order valence-electron chi connectivity index (χ3n) is 2.50. The van der Waals surface area contributed by atoms with Gasteiger partial charge < -0.3 is 15.4 Å². The summed E-state index contributed by atoms with van der Waals surface area (Å²) in [5.41, 5.74) is 0.00519. The minimum absolute atomic E-state index is 0.00519.